The first-order chi connectivity index (χ1) is 27.4. The highest BCUT2D eigenvalue weighted by molar-refractivity contribution is 6.04. The van der Waals surface area contributed by atoms with Crippen LogP contribution in [-0.2, 0) is 19.0 Å². The van der Waals surface area contributed by atoms with Crippen molar-refractivity contribution in [2.75, 3.05) is 20.3 Å². The van der Waals surface area contributed by atoms with Gasteiger partial charge in [-0.05, 0) is 121 Å². The van der Waals surface area contributed by atoms with E-state index in [1.54, 1.807) is 0 Å². The number of hydrogen-bond donors (Lipinski definition) is 3. The monoisotopic (exact) mass is 773 g/mol. The molecule has 3 aliphatic heterocycles. The molecule has 3 saturated heterocycles. The van der Waals surface area contributed by atoms with Crippen molar-refractivity contribution in [2.45, 2.75) is 109 Å². The molecule has 0 radical (unpaired) electrons. The average molecular weight is 774 g/mol. The van der Waals surface area contributed by atoms with Gasteiger partial charge in [0.15, 0.2) is 0 Å². The topological polar surface area (TPSA) is 155 Å². The first-order valence-electron chi connectivity index (χ1n) is 20.1. The smallest absolute Gasteiger partial charge is 0.411 e. The third kappa shape index (κ3) is 7.75. The number of aromatic nitrogens is 4. The molecule has 5 aromatic rings. The van der Waals surface area contributed by atoms with Crippen LogP contribution in [0.2, 0.25) is 0 Å². The zero-order chi connectivity index (χ0) is 40.0. The second-order valence-corrected chi connectivity index (χ2v) is 16.7. The molecule has 5 atom stereocenters. The lowest BCUT2D eigenvalue weighted by Gasteiger charge is -2.36. The molecule has 5 heterocycles. The molecule has 8 rings (SSSR count). The number of rotatable bonds is 5. The van der Waals surface area contributed by atoms with Gasteiger partial charge in [-0.15, -0.1) is 0 Å². The minimum atomic E-state index is -0.703. The summed E-state index contributed by atoms with van der Waals surface area (Å²) in [5.74, 6) is 7.99. The van der Waals surface area contributed by atoms with Crippen molar-refractivity contribution in [1.29, 1.82) is 0 Å². The summed E-state index contributed by atoms with van der Waals surface area (Å²) in [7, 11) is 1.31. The number of ether oxygens (including phenoxy) is 3. The van der Waals surface area contributed by atoms with Crippen LogP contribution in [0.25, 0.3) is 32.8 Å². The maximum Gasteiger partial charge on any atom is 0.411 e. The van der Waals surface area contributed by atoms with Crippen LogP contribution in [0.1, 0.15) is 108 Å². The first-order valence-corrected chi connectivity index (χ1v) is 20.1. The Balaban J connectivity index is 1.02. The van der Waals surface area contributed by atoms with E-state index in [1.165, 1.54) is 7.11 Å². The number of alkyl carbamates (subject to hydrolysis) is 1. The van der Waals surface area contributed by atoms with Crippen LogP contribution >= 0.6 is 0 Å². The van der Waals surface area contributed by atoms with Gasteiger partial charge in [0.1, 0.15) is 23.3 Å². The molecule has 0 bridgehead atoms. The number of benzene rings is 3. The molecular weight excluding hydrogens is 723 g/mol. The van der Waals surface area contributed by atoms with Gasteiger partial charge in [-0.1, -0.05) is 24.0 Å². The molecule has 57 heavy (non-hydrogen) atoms. The van der Waals surface area contributed by atoms with E-state index < -0.39 is 17.7 Å². The Kier molecular flexibility index (Phi) is 10.3. The molecule has 0 spiro atoms. The minimum Gasteiger partial charge on any atom is -0.453 e. The van der Waals surface area contributed by atoms with E-state index in [2.05, 4.69) is 59.2 Å². The normalized spacial score (nSPS) is 22.1. The second kappa shape index (κ2) is 15.4. The Morgan fingerprint density at radius 1 is 0.825 bits per heavy atom. The predicted octanol–water partition coefficient (Wildman–Crippen LogP) is 7.66. The van der Waals surface area contributed by atoms with Crippen LogP contribution in [0.3, 0.4) is 0 Å². The van der Waals surface area contributed by atoms with Gasteiger partial charge < -0.3 is 34.4 Å². The molecule has 2 aromatic heterocycles. The van der Waals surface area contributed by atoms with Crippen LogP contribution in [0.15, 0.2) is 48.5 Å². The van der Waals surface area contributed by atoms with Gasteiger partial charge >= 0.3 is 12.2 Å². The molecule has 0 unspecified atom stereocenters. The van der Waals surface area contributed by atoms with Crippen molar-refractivity contribution in [1.82, 2.24) is 35.1 Å². The summed E-state index contributed by atoms with van der Waals surface area (Å²) in [6.45, 7) is 10.9. The van der Waals surface area contributed by atoms with Crippen LogP contribution in [0.5, 0.6) is 0 Å². The molecule has 3 amide bonds. The first kappa shape index (κ1) is 38.3. The SMILES string of the molecule is COC(=O)N[C@H](C(=O)N1[C@@H](C)CC[C@H]1c1nc2c(ccc3cc(C#Cc4ccc5nc([C@@H]6CC[C@H](C)N6C(=O)OC(C)(C)C)[nH]c5c4)ccc32)[nH]1)C1CCOCC1. The fourth-order valence-electron chi connectivity index (χ4n) is 8.74. The molecule has 3 fully saturated rings. The Morgan fingerprint density at radius 3 is 2.19 bits per heavy atom. The number of nitrogens with one attached hydrogen (secondary N) is 3. The van der Waals surface area contributed by atoms with E-state index in [-0.39, 0.29) is 42.1 Å². The van der Waals surface area contributed by atoms with E-state index in [4.69, 9.17) is 24.2 Å². The average Bonchev–Trinajstić information content (AvgIpc) is 3.99. The lowest BCUT2D eigenvalue weighted by atomic mass is 9.90. The van der Waals surface area contributed by atoms with E-state index in [1.807, 2.05) is 60.9 Å². The highest BCUT2D eigenvalue weighted by Gasteiger charge is 2.43. The Morgan fingerprint density at radius 2 is 1.47 bits per heavy atom. The van der Waals surface area contributed by atoms with Crippen LogP contribution in [0, 0.1) is 17.8 Å². The zero-order valence-corrected chi connectivity index (χ0v) is 33.5. The van der Waals surface area contributed by atoms with Crippen molar-refractivity contribution in [3.05, 3.63) is 71.3 Å². The molecule has 13 nitrogen and oxygen atoms in total. The summed E-state index contributed by atoms with van der Waals surface area (Å²) in [6, 6.07) is 15.1. The molecule has 3 aromatic carbocycles. The van der Waals surface area contributed by atoms with Crippen LogP contribution in [-0.4, -0.2) is 91.9 Å². The van der Waals surface area contributed by atoms with E-state index in [9.17, 15) is 14.4 Å². The third-order valence-corrected chi connectivity index (χ3v) is 11.6. The van der Waals surface area contributed by atoms with E-state index >= 15 is 0 Å². The fourth-order valence-corrected chi connectivity index (χ4v) is 8.74. The Bertz CT molecular complexity index is 2400. The predicted molar refractivity (Wildman–Crippen MR) is 216 cm³/mol. The highest BCUT2D eigenvalue weighted by Crippen LogP contribution is 2.39. The van der Waals surface area contributed by atoms with Crippen molar-refractivity contribution in [3.8, 4) is 11.8 Å². The summed E-state index contributed by atoms with van der Waals surface area (Å²) < 4.78 is 16.2. The number of imidazole rings is 2. The van der Waals surface area contributed by atoms with Crippen molar-refractivity contribution in [3.63, 3.8) is 0 Å². The number of methoxy groups -OCH3 is 1. The van der Waals surface area contributed by atoms with Gasteiger partial charge in [-0.3, -0.25) is 9.69 Å². The molecule has 0 saturated carbocycles. The second-order valence-electron chi connectivity index (χ2n) is 16.7. The van der Waals surface area contributed by atoms with Crippen LogP contribution < -0.4 is 5.32 Å². The number of carbonyl (C=O) groups excluding carboxylic acids is 3. The quantitative estimate of drug-likeness (QED) is 0.154. The van der Waals surface area contributed by atoms with Gasteiger partial charge in [0, 0.05) is 41.8 Å². The van der Waals surface area contributed by atoms with Gasteiger partial charge in [0.05, 0.1) is 41.3 Å². The summed E-state index contributed by atoms with van der Waals surface area (Å²) in [5, 5.41) is 4.84. The fraction of sp³-hybridized carbons (Fsp3) is 0.477. The molecule has 3 N–H and O–H groups in total. The maximum absolute atomic E-state index is 14.3. The maximum atomic E-state index is 14.3. The third-order valence-electron chi connectivity index (χ3n) is 11.6. The summed E-state index contributed by atoms with van der Waals surface area (Å²) in [6.07, 6.45) is 3.73. The number of hydrogen-bond acceptors (Lipinski definition) is 8. The standard InChI is InChI=1S/C44H51N7O6/c1-25-7-17-35(50(25)41(52)37(49-42(53)55-6)29-19-21-56-22-20-29)40-46-33-16-13-30-23-27(11-14-31(30)38(33)48-40)9-10-28-12-15-32-34(24-28)47-39(45-32)36-18-8-26(2)51(36)43(54)57-44(3,4)5/h11-16,23-26,29,35-37H,7-8,17-22H2,1-6H3,(H,45,47)(H,46,48)(H,49,53)/t25-,26-,35-,36-,37-/m0/s1. The van der Waals surface area contributed by atoms with Crippen molar-refractivity contribution >= 4 is 50.9 Å². The van der Waals surface area contributed by atoms with Crippen molar-refractivity contribution < 1.29 is 28.6 Å². The number of amides is 3. The molecular formula is C44H51N7O6. The highest BCUT2D eigenvalue weighted by atomic mass is 16.6. The molecule has 3 aliphatic rings. The number of aromatic amines is 2. The largest absolute Gasteiger partial charge is 0.453 e. The minimum absolute atomic E-state index is 0.0166. The molecule has 13 heteroatoms. The molecule has 0 aliphatic carbocycles. The van der Waals surface area contributed by atoms with Gasteiger partial charge in [0.25, 0.3) is 0 Å². The van der Waals surface area contributed by atoms with Gasteiger partial charge in [-0.25, -0.2) is 19.6 Å². The lowest BCUT2D eigenvalue weighted by Crippen LogP contribution is -2.54. The Hall–Kier alpha value is -5.61. The number of likely N-dealkylation sites (tertiary alicyclic amines) is 2. The summed E-state index contributed by atoms with van der Waals surface area (Å²) in [4.78, 5) is 60.4. The number of nitrogens with zero attached hydrogens (tertiary/aromatic N) is 4. The summed E-state index contributed by atoms with van der Waals surface area (Å²) in [5.41, 5.74) is 4.56. The van der Waals surface area contributed by atoms with Crippen molar-refractivity contribution in [2.24, 2.45) is 5.92 Å². The number of fused-ring (bicyclic) bond motifs is 4. The Labute approximate surface area is 332 Å². The van der Waals surface area contributed by atoms with E-state index in [0.29, 0.717) is 26.1 Å². The number of carbonyl (C=O) groups is 3. The lowest BCUT2D eigenvalue weighted by molar-refractivity contribution is -0.138. The number of H-pyrrole nitrogens is 2. The zero-order valence-electron chi connectivity index (χ0n) is 33.5. The van der Waals surface area contributed by atoms with Gasteiger partial charge in [0.2, 0.25) is 5.91 Å². The van der Waals surface area contributed by atoms with E-state index in [0.717, 1.165) is 81.3 Å². The van der Waals surface area contributed by atoms with Gasteiger partial charge in [-0.2, -0.15) is 0 Å². The van der Waals surface area contributed by atoms with Crippen LogP contribution in [0.4, 0.5) is 9.59 Å². The molecule has 298 valence electrons. The summed E-state index contributed by atoms with van der Waals surface area (Å²) >= 11 is 0.